The molecule has 2 heterocycles. The molecule has 2 aliphatic heterocycles. The van der Waals surface area contributed by atoms with Gasteiger partial charge in [0.15, 0.2) is 0 Å². The summed E-state index contributed by atoms with van der Waals surface area (Å²) in [4.78, 5) is 24.3. The van der Waals surface area contributed by atoms with Crippen LogP contribution in [0.15, 0.2) is 0 Å². The summed E-state index contributed by atoms with van der Waals surface area (Å²) in [6, 6.07) is 0.113. The van der Waals surface area contributed by atoms with Crippen molar-refractivity contribution in [3.63, 3.8) is 0 Å². The Hall–Kier alpha value is -1.26. The molecular weight excluding hydrogens is 220 g/mol. The van der Waals surface area contributed by atoms with Crippen molar-refractivity contribution < 1.29 is 14.3 Å². The van der Waals surface area contributed by atoms with Gasteiger partial charge in [0.2, 0.25) is 0 Å². The normalized spacial score (nSPS) is 35.1. The van der Waals surface area contributed by atoms with Gasteiger partial charge in [-0.2, -0.15) is 0 Å². The average molecular weight is 240 g/mol. The molecular formula is C12H20N2O3. The second kappa shape index (κ2) is 4.20. The number of nitrogens with one attached hydrogen (secondary N) is 1. The number of ether oxygens (including phenoxy) is 1. The summed E-state index contributed by atoms with van der Waals surface area (Å²) in [5.41, 5.74) is -0.261. The molecule has 0 spiro atoms. The topological polar surface area (TPSA) is 58.6 Å². The summed E-state index contributed by atoms with van der Waals surface area (Å²) >= 11 is 0. The van der Waals surface area contributed by atoms with E-state index in [0.29, 0.717) is 13.0 Å². The minimum atomic E-state index is -0.261. The van der Waals surface area contributed by atoms with Crippen molar-refractivity contribution in [1.29, 1.82) is 0 Å². The smallest absolute Gasteiger partial charge is 0.318 e. The maximum Gasteiger partial charge on any atom is 0.318 e. The van der Waals surface area contributed by atoms with Gasteiger partial charge >= 0.3 is 6.03 Å². The van der Waals surface area contributed by atoms with Crippen LogP contribution in [0.25, 0.3) is 0 Å². The molecule has 17 heavy (non-hydrogen) atoms. The molecule has 2 saturated heterocycles. The van der Waals surface area contributed by atoms with Crippen molar-refractivity contribution >= 4 is 12.5 Å². The highest BCUT2D eigenvalue weighted by Crippen LogP contribution is 2.38. The number of urea groups is 1. The van der Waals surface area contributed by atoms with Crippen molar-refractivity contribution in [2.45, 2.75) is 51.3 Å². The Bertz CT molecular complexity index is 330. The van der Waals surface area contributed by atoms with Crippen molar-refractivity contribution in [3.05, 3.63) is 0 Å². The van der Waals surface area contributed by atoms with Crippen LogP contribution in [0.1, 0.15) is 33.6 Å². The molecule has 0 saturated carbocycles. The van der Waals surface area contributed by atoms with Crippen LogP contribution >= 0.6 is 0 Å². The standard InChI is InChI=1S/C12H20N2O3/c1-4-8-9(17-7-15)5-6-14-10(8)12(2,3)13-11(14)16/h7-10H,4-6H2,1-3H3,(H,13,16)/t8-,9-,10+/m1/s1. The zero-order valence-corrected chi connectivity index (χ0v) is 10.6. The lowest BCUT2D eigenvalue weighted by atomic mass is 9.77. The third kappa shape index (κ3) is 1.87. The highest BCUT2D eigenvalue weighted by molar-refractivity contribution is 5.78. The number of carbonyl (C=O) groups excluding carboxylic acids is 2. The number of rotatable bonds is 3. The van der Waals surface area contributed by atoms with E-state index in [-0.39, 0.29) is 29.6 Å². The zero-order chi connectivity index (χ0) is 12.6. The maximum atomic E-state index is 11.9. The Balaban J connectivity index is 2.26. The Morgan fingerprint density at radius 3 is 2.88 bits per heavy atom. The molecule has 0 aromatic rings. The van der Waals surface area contributed by atoms with Gasteiger partial charge in [-0.25, -0.2) is 4.79 Å². The largest absolute Gasteiger partial charge is 0.464 e. The Kier molecular flexibility index (Phi) is 3.02. The number of carbonyl (C=O) groups is 2. The van der Waals surface area contributed by atoms with Gasteiger partial charge in [0.1, 0.15) is 6.10 Å². The number of amides is 2. The van der Waals surface area contributed by atoms with Crippen LogP contribution in [0, 0.1) is 5.92 Å². The van der Waals surface area contributed by atoms with Gasteiger partial charge < -0.3 is 15.0 Å². The number of fused-ring (bicyclic) bond motifs is 1. The summed E-state index contributed by atoms with van der Waals surface area (Å²) in [7, 11) is 0. The van der Waals surface area contributed by atoms with Crippen LogP contribution in [0.2, 0.25) is 0 Å². The molecule has 2 rings (SSSR count). The third-order valence-electron chi connectivity index (χ3n) is 4.00. The fourth-order valence-corrected chi connectivity index (χ4v) is 3.35. The van der Waals surface area contributed by atoms with E-state index in [2.05, 4.69) is 12.2 Å². The van der Waals surface area contributed by atoms with Crippen molar-refractivity contribution in [2.75, 3.05) is 6.54 Å². The van der Waals surface area contributed by atoms with E-state index < -0.39 is 0 Å². The quantitative estimate of drug-likeness (QED) is 0.752. The highest BCUT2D eigenvalue weighted by Gasteiger charge is 2.53. The second-order valence-electron chi connectivity index (χ2n) is 5.42. The van der Waals surface area contributed by atoms with Gasteiger partial charge in [0.05, 0.1) is 11.6 Å². The molecule has 5 nitrogen and oxygen atoms in total. The first-order chi connectivity index (χ1) is 8.01. The van der Waals surface area contributed by atoms with Crippen molar-refractivity contribution in [1.82, 2.24) is 10.2 Å². The first-order valence-corrected chi connectivity index (χ1v) is 6.19. The van der Waals surface area contributed by atoms with Crippen LogP contribution in [0.3, 0.4) is 0 Å². The highest BCUT2D eigenvalue weighted by atomic mass is 16.5. The molecule has 1 N–H and O–H groups in total. The minimum Gasteiger partial charge on any atom is -0.464 e. The molecule has 96 valence electrons. The zero-order valence-electron chi connectivity index (χ0n) is 10.6. The lowest BCUT2D eigenvalue weighted by Crippen LogP contribution is -2.56. The molecule has 2 aliphatic rings. The molecule has 0 aromatic heterocycles. The summed E-state index contributed by atoms with van der Waals surface area (Å²) in [6.07, 6.45) is 1.57. The molecule has 2 amide bonds. The minimum absolute atomic E-state index is 0.00278. The number of hydrogen-bond donors (Lipinski definition) is 1. The van der Waals surface area contributed by atoms with E-state index in [4.69, 9.17) is 4.74 Å². The van der Waals surface area contributed by atoms with Crippen LogP contribution in [0.5, 0.6) is 0 Å². The molecule has 0 radical (unpaired) electrons. The lowest BCUT2D eigenvalue weighted by Gasteiger charge is -2.44. The van der Waals surface area contributed by atoms with Crippen LogP contribution in [-0.2, 0) is 9.53 Å². The number of nitrogens with zero attached hydrogens (tertiary/aromatic N) is 1. The van der Waals surface area contributed by atoms with Gasteiger partial charge in [0, 0.05) is 18.9 Å². The van der Waals surface area contributed by atoms with Gasteiger partial charge in [0.25, 0.3) is 6.47 Å². The number of hydrogen-bond acceptors (Lipinski definition) is 3. The molecule has 5 heteroatoms. The molecule has 0 aliphatic carbocycles. The fourth-order valence-electron chi connectivity index (χ4n) is 3.35. The predicted octanol–water partition coefficient (Wildman–Crippen LogP) is 1.13. The first kappa shape index (κ1) is 12.2. The van der Waals surface area contributed by atoms with E-state index in [0.717, 1.165) is 12.8 Å². The molecule has 0 unspecified atom stereocenters. The Morgan fingerprint density at radius 1 is 1.59 bits per heavy atom. The average Bonchev–Trinajstić information content (AvgIpc) is 2.50. The monoisotopic (exact) mass is 240 g/mol. The maximum absolute atomic E-state index is 11.9. The lowest BCUT2D eigenvalue weighted by molar-refractivity contribution is -0.141. The summed E-state index contributed by atoms with van der Waals surface area (Å²) in [5, 5.41) is 3.01. The van der Waals surface area contributed by atoms with E-state index in [1.54, 1.807) is 0 Å². The molecule has 2 fully saturated rings. The fraction of sp³-hybridized carbons (Fsp3) is 0.833. The summed E-state index contributed by atoms with van der Waals surface area (Å²) < 4.78 is 5.18. The molecule has 3 atom stereocenters. The van der Waals surface area contributed by atoms with E-state index in [1.807, 2.05) is 18.7 Å². The SMILES string of the molecule is CC[C@H]1[C@@H]2N(CC[C@H]1OC=O)C(=O)NC2(C)C. The summed E-state index contributed by atoms with van der Waals surface area (Å²) in [6.45, 7) is 7.33. The second-order valence-corrected chi connectivity index (χ2v) is 5.42. The Labute approximate surface area is 101 Å². The Morgan fingerprint density at radius 2 is 2.29 bits per heavy atom. The van der Waals surface area contributed by atoms with Gasteiger partial charge in [-0.05, 0) is 20.3 Å². The van der Waals surface area contributed by atoms with Gasteiger partial charge in [-0.15, -0.1) is 0 Å². The van der Waals surface area contributed by atoms with E-state index >= 15 is 0 Å². The van der Waals surface area contributed by atoms with E-state index in [1.165, 1.54) is 0 Å². The number of piperidine rings is 1. The third-order valence-corrected chi connectivity index (χ3v) is 4.00. The van der Waals surface area contributed by atoms with E-state index in [9.17, 15) is 9.59 Å². The van der Waals surface area contributed by atoms with Crippen LogP contribution < -0.4 is 5.32 Å². The molecule has 0 aromatic carbocycles. The molecule has 0 bridgehead atoms. The van der Waals surface area contributed by atoms with Crippen molar-refractivity contribution in [2.24, 2.45) is 5.92 Å². The van der Waals surface area contributed by atoms with Gasteiger partial charge in [-0.1, -0.05) is 6.92 Å². The first-order valence-electron chi connectivity index (χ1n) is 6.19. The summed E-state index contributed by atoms with van der Waals surface area (Å²) in [5.74, 6) is 0.211. The van der Waals surface area contributed by atoms with Crippen LogP contribution in [0.4, 0.5) is 4.79 Å². The van der Waals surface area contributed by atoms with Gasteiger partial charge in [-0.3, -0.25) is 4.79 Å². The van der Waals surface area contributed by atoms with Crippen molar-refractivity contribution in [3.8, 4) is 0 Å². The van der Waals surface area contributed by atoms with Crippen LogP contribution in [-0.4, -0.2) is 41.6 Å². The predicted molar refractivity (Wildman–Crippen MR) is 62.4 cm³/mol.